The van der Waals surface area contributed by atoms with Crippen molar-refractivity contribution in [3.05, 3.63) is 12.2 Å². The molecule has 1 fully saturated rings. The average Bonchev–Trinajstić information content (AvgIpc) is 2.62. The average molecular weight is 152 g/mol. The van der Waals surface area contributed by atoms with Gasteiger partial charge in [-0.25, -0.2) is 0 Å². The van der Waals surface area contributed by atoms with Gasteiger partial charge in [0.15, 0.2) is 0 Å². The molecule has 0 aromatic carbocycles. The van der Waals surface area contributed by atoms with Crippen LogP contribution in [-0.2, 0) is 9.53 Å². The summed E-state index contributed by atoms with van der Waals surface area (Å²) in [6.45, 7) is 0. The Morgan fingerprint density at radius 1 is 1.45 bits per heavy atom. The molecule has 2 bridgehead atoms. The zero-order chi connectivity index (χ0) is 7.84. The van der Waals surface area contributed by atoms with Gasteiger partial charge in [-0.3, -0.25) is 4.79 Å². The number of methoxy groups -OCH3 is 1. The lowest BCUT2D eigenvalue weighted by Crippen LogP contribution is -2.19. The molecule has 0 saturated heterocycles. The fourth-order valence-electron chi connectivity index (χ4n) is 2.20. The topological polar surface area (TPSA) is 26.3 Å². The highest BCUT2D eigenvalue weighted by Crippen LogP contribution is 2.43. The number of carbonyl (C=O) groups excluding carboxylic acids is 1. The number of hydrogen-bond donors (Lipinski definition) is 0. The third kappa shape index (κ3) is 0.971. The molecule has 0 N–H and O–H groups in total. The predicted octanol–water partition coefficient (Wildman–Crippen LogP) is 1.37. The summed E-state index contributed by atoms with van der Waals surface area (Å²) in [6.07, 6.45) is 6.56. The van der Waals surface area contributed by atoms with E-state index in [0.29, 0.717) is 11.8 Å². The summed E-state index contributed by atoms with van der Waals surface area (Å²) in [5.74, 6) is 1.27. The second-order valence-electron chi connectivity index (χ2n) is 3.41. The third-order valence-corrected chi connectivity index (χ3v) is 2.78. The Bertz CT molecular complexity index is 208. The minimum atomic E-state index is -0.0261. The summed E-state index contributed by atoms with van der Waals surface area (Å²) in [5.41, 5.74) is 0. The van der Waals surface area contributed by atoms with E-state index in [1.165, 1.54) is 13.5 Å². The first kappa shape index (κ1) is 6.89. The van der Waals surface area contributed by atoms with Crippen molar-refractivity contribution in [3.63, 3.8) is 0 Å². The maximum Gasteiger partial charge on any atom is 0.309 e. The van der Waals surface area contributed by atoms with Crippen LogP contribution in [0.1, 0.15) is 12.8 Å². The van der Waals surface area contributed by atoms with Crippen molar-refractivity contribution in [2.45, 2.75) is 12.8 Å². The molecule has 0 aromatic heterocycles. The lowest BCUT2D eigenvalue weighted by molar-refractivity contribution is -0.146. The van der Waals surface area contributed by atoms with E-state index >= 15 is 0 Å². The standard InChI is InChI=1S/C9H12O2/c1-11-9(10)8-5-6-2-3-7(8)4-6/h2-3,6-8H,4-5H2,1H3/t6-,7+,8?/m1/s1. The molecule has 0 spiro atoms. The molecule has 0 amide bonds. The Balaban J connectivity index is 2.08. The number of carbonyl (C=O) groups is 1. The first-order valence-electron chi connectivity index (χ1n) is 4.07. The summed E-state index contributed by atoms with van der Waals surface area (Å²) < 4.78 is 4.71. The summed E-state index contributed by atoms with van der Waals surface area (Å²) >= 11 is 0. The van der Waals surface area contributed by atoms with Crippen LogP contribution in [-0.4, -0.2) is 13.1 Å². The van der Waals surface area contributed by atoms with Gasteiger partial charge in [0.05, 0.1) is 13.0 Å². The molecule has 1 saturated carbocycles. The molecule has 1 unspecified atom stereocenters. The number of hydrogen-bond acceptors (Lipinski definition) is 2. The molecule has 11 heavy (non-hydrogen) atoms. The largest absolute Gasteiger partial charge is 0.469 e. The van der Waals surface area contributed by atoms with Crippen LogP contribution in [0.3, 0.4) is 0 Å². The summed E-state index contributed by atoms with van der Waals surface area (Å²) in [4.78, 5) is 11.1. The SMILES string of the molecule is COC(=O)C1C[C@@H]2C=C[C@H]1C2. The molecule has 2 aliphatic carbocycles. The molecule has 2 rings (SSSR count). The van der Waals surface area contributed by atoms with Crippen molar-refractivity contribution in [3.8, 4) is 0 Å². The minimum absolute atomic E-state index is 0.0261. The van der Waals surface area contributed by atoms with Crippen molar-refractivity contribution in [1.29, 1.82) is 0 Å². The van der Waals surface area contributed by atoms with E-state index in [2.05, 4.69) is 12.2 Å². The van der Waals surface area contributed by atoms with Crippen molar-refractivity contribution in [2.24, 2.45) is 17.8 Å². The van der Waals surface area contributed by atoms with E-state index < -0.39 is 0 Å². The Hall–Kier alpha value is -0.790. The Morgan fingerprint density at radius 3 is 2.73 bits per heavy atom. The molecular formula is C9H12O2. The number of allylic oxidation sites excluding steroid dienone is 2. The summed E-state index contributed by atoms with van der Waals surface area (Å²) in [6, 6.07) is 0. The molecule has 0 aliphatic heterocycles. The molecular weight excluding hydrogens is 140 g/mol. The summed E-state index contributed by atoms with van der Waals surface area (Å²) in [5, 5.41) is 0. The molecule has 2 nitrogen and oxygen atoms in total. The van der Waals surface area contributed by atoms with Crippen molar-refractivity contribution < 1.29 is 9.53 Å². The minimum Gasteiger partial charge on any atom is -0.469 e. The monoisotopic (exact) mass is 152 g/mol. The lowest BCUT2D eigenvalue weighted by atomic mass is 9.94. The smallest absolute Gasteiger partial charge is 0.309 e. The van der Waals surface area contributed by atoms with E-state index in [9.17, 15) is 4.79 Å². The second kappa shape index (κ2) is 2.36. The van der Waals surface area contributed by atoms with Gasteiger partial charge in [0.1, 0.15) is 0 Å². The number of ether oxygens (including phenoxy) is 1. The first-order valence-corrected chi connectivity index (χ1v) is 4.07. The quantitative estimate of drug-likeness (QED) is 0.419. The van der Waals surface area contributed by atoms with E-state index in [1.807, 2.05) is 0 Å². The maximum atomic E-state index is 11.1. The number of esters is 1. The molecule has 60 valence electrons. The second-order valence-corrected chi connectivity index (χ2v) is 3.41. The van der Waals surface area contributed by atoms with Crippen LogP contribution in [0.25, 0.3) is 0 Å². The van der Waals surface area contributed by atoms with Crippen molar-refractivity contribution in [2.75, 3.05) is 7.11 Å². The van der Waals surface area contributed by atoms with Crippen molar-refractivity contribution >= 4 is 5.97 Å². The zero-order valence-electron chi connectivity index (χ0n) is 6.62. The Labute approximate surface area is 66.2 Å². The van der Waals surface area contributed by atoms with Gasteiger partial charge in [0.25, 0.3) is 0 Å². The highest BCUT2D eigenvalue weighted by molar-refractivity contribution is 5.73. The van der Waals surface area contributed by atoms with Gasteiger partial charge in [-0.2, -0.15) is 0 Å². The molecule has 0 radical (unpaired) electrons. The van der Waals surface area contributed by atoms with Gasteiger partial charge < -0.3 is 4.74 Å². The first-order chi connectivity index (χ1) is 5.31. The van der Waals surface area contributed by atoms with E-state index in [1.54, 1.807) is 0 Å². The highest BCUT2D eigenvalue weighted by atomic mass is 16.5. The van der Waals surface area contributed by atoms with Gasteiger partial charge in [0.2, 0.25) is 0 Å². The molecule has 2 heteroatoms. The highest BCUT2D eigenvalue weighted by Gasteiger charge is 2.40. The van der Waals surface area contributed by atoms with Gasteiger partial charge in [-0.15, -0.1) is 0 Å². The molecule has 0 aromatic rings. The molecule has 2 aliphatic rings. The van der Waals surface area contributed by atoms with Crippen LogP contribution in [0.2, 0.25) is 0 Å². The fourth-order valence-corrected chi connectivity index (χ4v) is 2.20. The van der Waals surface area contributed by atoms with Gasteiger partial charge >= 0.3 is 5.97 Å². The maximum absolute atomic E-state index is 11.1. The van der Waals surface area contributed by atoms with Crippen LogP contribution < -0.4 is 0 Å². The van der Waals surface area contributed by atoms with Crippen molar-refractivity contribution in [1.82, 2.24) is 0 Å². The zero-order valence-corrected chi connectivity index (χ0v) is 6.62. The normalized spacial score (nSPS) is 39.5. The molecule has 3 atom stereocenters. The van der Waals surface area contributed by atoms with Crippen LogP contribution in [0.4, 0.5) is 0 Å². The fraction of sp³-hybridized carbons (Fsp3) is 0.667. The van der Waals surface area contributed by atoms with Gasteiger partial charge in [0, 0.05) is 0 Å². The Morgan fingerprint density at radius 2 is 2.27 bits per heavy atom. The predicted molar refractivity (Wildman–Crippen MR) is 40.9 cm³/mol. The Kier molecular flexibility index (Phi) is 1.48. The van der Waals surface area contributed by atoms with Crippen LogP contribution in [0.5, 0.6) is 0 Å². The molecule has 0 heterocycles. The van der Waals surface area contributed by atoms with Crippen LogP contribution in [0.15, 0.2) is 12.2 Å². The number of rotatable bonds is 1. The van der Waals surface area contributed by atoms with Gasteiger partial charge in [-0.1, -0.05) is 12.2 Å². The van der Waals surface area contributed by atoms with E-state index in [-0.39, 0.29) is 11.9 Å². The van der Waals surface area contributed by atoms with Crippen LogP contribution in [0, 0.1) is 17.8 Å². The van der Waals surface area contributed by atoms with E-state index in [4.69, 9.17) is 4.74 Å². The summed E-state index contributed by atoms with van der Waals surface area (Å²) in [7, 11) is 1.47. The van der Waals surface area contributed by atoms with Gasteiger partial charge in [-0.05, 0) is 24.7 Å². The number of fused-ring (bicyclic) bond motifs is 2. The third-order valence-electron chi connectivity index (χ3n) is 2.78. The van der Waals surface area contributed by atoms with E-state index in [0.717, 1.165) is 6.42 Å². The lowest BCUT2D eigenvalue weighted by Gasteiger charge is -2.14. The van der Waals surface area contributed by atoms with Crippen LogP contribution >= 0.6 is 0 Å².